The van der Waals surface area contributed by atoms with Crippen molar-refractivity contribution >= 4 is 29.5 Å². The summed E-state index contributed by atoms with van der Waals surface area (Å²) in [5.74, 6) is 5.65. The molecule has 0 bridgehead atoms. The highest BCUT2D eigenvalue weighted by Gasteiger charge is 2.10. The molecule has 0 spiro atoms. The van der Waals surface area contributed by atoms with Crippen molar-refractivity contribution in [2.45, 2.75) is 13.2 Å². The molecule has 0 saturated carbocycles. The molecule has 3 aromatic rings. The number of benzene rings is 1. The number of nitrogens with zero attached hydrogens (tertiary/aromatic N) is 5. The van der Waals surface area contributed by atoms with Gasteiger partial charge in [-0.1, -0.05) is 29.8 Å². The molecule has 2 aromatic heterocycles. The van der Waals surface area contributed by atoms with E-state index in [9.17, 15) is 0 Å². The number of hydrogen-bond acceptors (Lipinski definition) is 8. The molecule has 2 heterocycles. The Morgan fingerprint density at radius 2 is 1.90 bits per heavy atom. The lowest BCUT2D eigenvalue weighted by Gasteiger charge is -2.06. The fourth-order valence-electron chi connectivity index (χ4n) is 2.63. The lowest BCUT2D eigenvalue weighted by atomic mass is 10.1. The number of nitrogens with two attached hydrogens (primary N) is 2. The van der Waals surface area contributed by atoms with Crippen LogP contribution in [0.25, 0.3) is 11.3 Å². The van der Waals surface area contributed by atoms with Gasteiger partial charge in [0.15, 0.2) is 0 Å². The third kappa shape index (κ3) is 5.56. The van der Waals surface area contributed by atoms with E-state index in [0.717, 1.165) is 17.0 Å². The molecule has 3 rings (SSSR count). The number of aromatic nitrogens is 3. The van der Waals surface area contributed by atoms with Crippen LogP contribution in [0.4, 0.5) is 5.95 Å². The molecule has 9 heteroatoms. The van der Waals surface area contributed by atoms with Gasteiger partial charge in [-0.15, -0.1) is 0 Å². The summed E-state index contributed by atoms with van der Waals surface area (Å²) in [6, 6.07) is 14.7. The summed E-state index contributed by atoms with van der Waals surface area (Å²) in [5, 5.41) is 4.38. The highest BCUT2D eigenvalue weighted by molar-refractivity contribution is 6.37. The monoisotopic (exact) mass is 409 g/mol. The van der Waals surface area contributed by atoms with Gasteiger partial charge in [-0.05, 0) is 30.3 Å². The van der Waals surface area contributed by atoms with Crippen molar-refractivity contribution in [3.05, 3.63) is 70.6 Å². The van der Waals surface area contributed by atoms with Crippen LogP contribution in [-0.2, 0) is 17.9 Å². The van der Waals surface area contributed by atoms with Crippen LogP contribution in [0.3, 0.4) is 0 Å². The minimum absolute atomic E-state index is 0.0981. The molecule has 0 saturated heterocycles. The highest BCUT2D eigenvalue weighted by Crippen LogP contribution is 2.22. The molecule has 0 amide bonds. The summed E-state index contributed by atoms with van der Waals surface area (Å²) in [5.41, 5.74) is 9.76. The Labute approximate surface area is 173 Å². The standard InChI is InChI=1S/C20H20ClN7O/c1-29-12-16-7-3-6-15(25-16)10-24-11-19(28-23)18-9-17(26-20(22)27-18)13-4-2-5-14(21)8-13/h2-9,11H,10,12,23H2,1H3,(H2,22,26,27). The van der Waals surface area contributed by atoms with Crippen molar-refractivity contribution in [2.75, 3.05) is 12.8 Å². The van der Waals surface area contributed by atoms with Gasteiger partial charge in [0.25, 0.3) is 0 Å². The van der Waals surface area contributed by atoms with E-state index in [0.29, 0.717) is 35.3 Å². The number of rotatable bonds is 7. The number of hydrogen-bond donors (Lipinski definition) is 2. The first kappa shape index (κ1) is 20.4. The van der Waals surface area contributed by atoms with Crippen LogP contribution in [-0.4, -0.2) is 34.0 Å². The molecule has 8 nitrogen and oxygen atoms in total. The molecule has 0 unspecified atom stereocenters. The molecule has 0 radical (unpaired) electrons. The van der Waals surface area contributed by atoms with Gasteiger partial charge in [-0.3, -0.25) is 9.98 Å². The van der Waals surface area contributed by atoms with Crippen LogP contribution < -0.4 is 11.6 Å². The lowest BCUT2D eigenvalue weighted by molar-refractivity contribution is 0.181. The number of methoxy groups -OCH3 is 1. The molecule has 1 aromatic carbocycles. The number of halogens is 1. The number of anilines is 1. The van der Waals surface area contributed by atoms with E-state index < -0.39 is 0 Å². The second-order valence-electron chi connectivity index (χ2n) is 6.04. The minimum atomic E-state index is 0.0981. The summed E-state index contributed by atoms with van der Waals surface area (Å²) in [6.07, 6.45) is 1.54. The van der Waals surface area contributed by atoms with Crippen molar-refractivity contribution in [2.24, 2.45) is 15.9 Å². The van der Waals surface area contributed by atoms with Gasteiger partial charge in [0, 0.05) is 17.7 Å². The minimum Gasteiger partial charge on any atom is -0.378 e. The van der Waals surface area contributed by atoms with Gasteiger partial charge in [0.2, 0.25) is 5.95 Å². The molecule has 0 aliphatic heterocycles. The van der Waals surface area contributed by atoms with Gasteiger partial charge in [-0.2, -0.15) is 5.10 Å². The third-order valence-electron chi connectivity index (χ3n) is 3.89. The smallest absolute Gasteiger partial charge is 0.221 e. The van der Waals surface area contributed by atoms with Crippen LogP contribution >= 0.6 is 11.6 Å². The third-order valence-corrected chi connectivity index (χ3v) is 4.12. The van der Waals surface area contributed by atoms with Crippen molar-refractivity contribution in [1.29, 1.82) is 0 Å². The second kappa shape index (κ2) is 9.72. The van der Waals surface area contributed by atoms with E-state index in [1.165, 1.54) is 6.21 Å². The van der Waals surface area contributed by atoms with Crippen LogP contribution in [0.2, 0.25) is 5.02 Å². The first-order valence-electron chi connectivity index (χ1n) is 8.71. The maximum absolute atomic E-state index is 6.07. The van der Waals surface area contributed by atoms with E-state index in [2.05, 4.69) is 25.0 Å². The molecular formula is C20H20ClN7O. The molecule has 4 N–H and O–H groups in total. The molecule has 29 heavy (non-hydrogen) atoms. The largest absolute Gasteiger partial charge is 0.378 e. The summed E-state index contributed by atoms with van der Waals surface area (Å²) < 4.78 is 5.10. The van der Waals surface area contributed by atoms with Gasteiger partial charge in [0.05, 0.1) is 42.1 Å². The SMILES string of the molecule is COCc1cccc(CN=CC(=NN)c2cc(-c3cccc(Cl)c3)nc(N)n2)n1. The fraction of sp³-hybridized carbons (Fsp3) is 0.150. The zero-order chi connectivity index (χ0) is 20.6. The predicted molar refractivity (Wildman–Crippen MR) is 115 cm³/mol. The van der Waals surface area contributed by atoms with Crippen molar-refractivity contribution in [3.63, 3.8) is 0 Å². The number of ether oxygens (including phenoxy) is 1. The Morgan fingerprint density at radius 3 is 2.66 bits per heavy atom. The first-order chi connectivity index (χ1) is 14.1. The quantitative estimate of drug-likeness (QED) is 0.351. The normalized spacial score (nSPS) is 11.9. The maximum Gasteiger partial charge on any atom is 0.221 e. The zero-order valence-corrected chi connectivity index (χ0v) is 16.5. The molecule has 0 aliphatic carbocycles. The Bertz CT molecular complexity index is 1050. The van der Waals surface area contributed by atoms with E-state index >= 15 is 0 Å². The summed E-state index contributed by atoms with van der Waals surface area (Å²) in [4.78, 5) is 17.3. The number of nitrogen functional groups attached to an aromatic ring is 1. The Hall–Kier alpha value is -3.36. The fourth-order valence-corrected chi connectivity index (χ4v) is 2.82. The summed E-state index contributed by atoms with van der Waals surface area (Å²) in [6.45, 7) is 0.803. The highest BCUT2D eigenvalue weighted by atomic mass is 35.5. The average molecular weight is 410 g/mol. The van der Waals surface area contributed by atoms with Crippen LogP contribution in [0.15, 0.2) is 58.6 Å². The van der Waals surface area contributed by atoms with Gasteiger partial charge in [-0.25, -0.2) is 9.97 Å². The van der Waals surface area contributed by atoms with E-state index in [-0.39, 0.29) is 5.95 Å². The first-order valence-corrected chi connectivity index (χ1v) is 9.09. The predicted octanol–water partition coefficient (Wildman–Crippen LogP) is 2.85. The van der Waals surface area contributed by atoms with Gasteiger partial charge >= 0.3 is 0 Å². The van der Waals surface area contributed by atoms with Gasteiger partial charge in [0.1, 0.15) is 5.71 Å². The van der Waals surface area contributed by atoms with E-state index in [4.69, 9.17) is 27.9 Å². The van der Waals surface area contributed by atoms with Crippen LogP contribution in [0, 0.1) is 0 Å². The summed E-state index contributed by atoms with van der Waals surface area (Å²) >= 11 is 6.07. The molecule has 0 fully saturated rings. The Balaban J connectivity index is 1.81. The van der Waals surface area contributed by atoms with Crippen molar-refractivity contribution in [3.8, 4) is 11.3 Å². The number of hydrazone groups is 1. The topological polar surface area (TPSA) is 125 Å². The molecule has 148 valence electrons. The lowest BCUT2D eigenvalue weighted by Crippen LogP contribution is -2.11. The van der Waals surface area contributed by atoms with Gasteiger partial charge < -0.3 is 16.3 Å². The van der Waals surface area contributed by atoms with Crippen LogP contribution in [0.1, 0.15) is 17.1 Å². The second-order valence-corrected chi connectivity index (χ2v) is 6.48. The summed E-state index contributed by atoms with van der Waals surface area (Å²) in [7, 11) is 1.63. The maximum atomic E-state index is 6.07. The average Bonchev–Trinajstić information content (AvgIpc) is 2.71. The number of aliphatic imine (C=N–C) groups is 1. The Kier molecular flexibility index (Phi) is 6.83. The zero-order valence-electron chi connectivity index (χ0n) is 15.8. The molecule has 0 aliphatic rings. The van der Waals surface area contributed by atoms with Crippen LogP contribution in [0.5, 0.6) is 0 Å². The number of pyridine rings is 1. The van der Waals surface area contributed by atoms with E-state index in [1.54, 1.807) is 25.3 Å². The van der Waals surface area contributed by atoms with Crippen molar-refractivity contribution in [1.82, 2.24) is 15.0 Å². The molecular weight excluding hydrogens is 390 g/mol. The molecule has 0 atom stereocenters. The Morgan fingerprint density at radius 1 is 1.10 bits per heavy atom. The van der Waals surface area contributed by atoms with E-state index in [1.807, 2.05) is 30.3 Å². The van der Waals surface area contributed by atoms with Crippen molar-refractivity contribution < 1.29 is 4.74 Å².